The Kier molecular flexibility index (Phi) is 6.64. The van der Waals surface area contributed by atoms with Crippen LogP contribution in [-0.4, -0.2) is 27.5 Å². The summed E-state index contributed by atoms with van der Waals surface area (Å²) in [4.78, 5) is 44.4. The molecule has 8 nitrogen and oxygen atoms in total. The van der Waals surface area contributed by atoms with Gasteiger partial charge in [0.25, 0.3) is 5.56 Å². The summed E-state index contributed by atoms with van der Waals surface area (Å²) in [7, 11) is 0. The zero-order valence-corrected chi connectivity index (χ0v) is 21.7. The molecule has 1 atom stereocenters. The van der Waals surface area contributed by atoms with E-state index in [9.17, 15) is 14.4 Å². The number of ether oxygens (including phenoxy) is 2. The lowest BCUT2D eigenvalue weighted by molar-refractivity contribution is -0.154. The third-order valence-electron chi connectivity index (χ3n) is 5.91. The smallest absolute Gasteiger partial charge is 0.338 e. The molecule has 0 radical (unpaired) electrons. The number of nitrogens with zero attached hydrogens (tertiary/aromatic N) is 1. The van der Waals surface area contributed by atoms with Gasteiger partial charge in [-0.3, -0.25) is 9.59 Å². The van der Waals surface area contributed by atoms with Crippen LogP contribution in [0, 0.1) is 5.41 Å². The van der Waals surface area contributed by atoms with Crippen molar-refractivity contribution in [1.29, 1.82) is 0 Å². The Morgan fingerprint density at radius 1 is 1.08 bits per heavy atom. The third-order valence-corrected chi connectivity index (χ3v) is 5.91. The Labute approximate surface area is 210 Å². The van der Waals surface area contributed by atoms with Crippen molar-refractivity contribution in [2.75, 3.05) is 5.32 Å². The molecule has 1 aliphatic rings. The van der Waals surface area contributed by atoms with Gasteiger partial charge >= 0.3 is 11.9 Å². The van der Waals surface area contributed by atoms with Crippen LogP contribution >= 0.6 is 0 Å². The molecular formula is C28H33N3O5. The van der Waals surface area contributed by atoms with Crippen LogP contribution in [0.1, 0.15) is 81.3 Å². The minimum Gasteiger partial charge on any atom is -0.457 e. The summed E-state index contributed by atoms with van der Waals surface area (Å²) in [5, 5.41) is 4.01. The molecular weight excluding hydrogens is 458 g/mol. The highest BCUT2D eigenvalue weighted by atomic mass is 16.6. The molecule has 1 heterocycles. The summed E-state index contributed by atoms with van der Waals surface area (Å²) in [5.74, 6) is -0.388. The predicted octanol–water partition coefficient (Wildman–Crippen LogP) is 5.07. The average Bonchev–Trinajstić information content (AvgIpc) is 3.16. The highest BCUT2D eigenvalue weighted by Gasteiger charge is 2.26. The highest BCUT2D eigenvalue weighted by Crippen LogP contribution is 2.35. The monoisotopic (exact) mass is 491 g/mol. The van der Waals surface area contributed by atoms with E-state index in [2.05, 4.69) is 15.3 Å². The predicted molar refractivity (Wildman–Crippen MR) is 138 cm³/mol. The van der Waals surface area contributed by atoms with E-state index in [-0.39, 0.29) is 30.1 Å². The lowest BCUT2D eigenvalue weighted by atomic mass is 9.97. The number of rotatable bonds is 5. The molecule has 0 aliphatic heterocycles. The van der Waals surface area contributed by atoms with E-state index in [1.807, 2.05) is 45.0 Å². The van der Waals surface area contributed by atoms with Crippen LogP contribution in [0.2, 0.25) is 0 Å². The average molecular weight is 492 g/mol. The molecule has 0 saturated carbocycles. The highest BCUT2D eigenvalue weighted by molar-refractivity contribution is 5.90. The Balaban J connectivity index is 1.51. The normalized spacial score (nSPS) is 15.4. The fourth-order valence-electron chi connectivity index (χ4n) is 4.10. The third kappa shape index (κ3) is 5.75. The van der Waals surface area contributed by atoms with E-state index in [0.717, 1.165) is 29.7 Å². The van der Waals surface area contributed by atoms with Gasteiger partial charge < -0.3 is 19.8 Å². The molecule has 0 bridgehead atoms. The van der Waals surface area contributed by atoms with E-state index in [0.29, 0.717) is 22.3 Å². The molecule has 0 unspecified atom stereocenters. The number of fused-ring (bicyclic) bond motifs is 2. The van der Waals surface area contributed by atoms with Crippen LogP contribution < -0.4 is 10.9 Å². The Morgan fingerprint density at radius 2 is 1.78 bits per heavy atom. The van der Waals surface area contributed by atoms with Gasteiger partial charge in [-0.05, 0) is 102 Å². The lowest BCUT2D eigenvalue weighted by Crippen LogP contribution is -2.24. The molecule has 0 amide bonds. The van der Waals surface area contributed by atoms with Gasteiger partial charge in [0.05, 0.1) is 27.9 Å². The molecule has 8 heteroatoms. The number of aryl methyl sites for hydroxylation is 1. The van der Waals surface area contributed by atoms with E-state index in [1.165, 1.54) is 0 Å². The quantitative estimate of drug-likeness (QED) is 0.480. The van der Waals surface area contributed by atoms with Gasteiger partial charge in [0, 0.05) is 5.69 Å². The summed E-state index contributed by atoms with van der Waals surface area (Å²) < 4.78 is 10.7. The van der Waals surface area contributed by atoms with Crippen molar-refractivity contribution in [3.8, 4) is 0 Å². The van der Waals surface area contributed by atoms with Gasteiger partial charge in [0.2, 0.25) is 0 Å². The maximum absolute atomic E-state index is 12.8. The van der Waals surface area contributed by atoms with Crippen molar-refractivity contribution in [3.05, 3.63) is 69.3 Å². The zero-order chi connectivity index (χ0) is 26.3. The number of benzene rings is 2. The van der Waals surface area contributed by atoms with Crippen LogP contribution in [0.3, 0.4) is 0 Å². The molecule has 1 aromatic heterocycles. The van der Waals surface area contributed by atoms with Gasteiger partial charge in [-0.1, -0.05) is 0 Å². The molecule has 1 aliphatic carbocycles. The van der Waals surface area contributed by atoms with Crippen molar-refractivity contribution in [2.24, 2.45) is 5.41 Å². The largest absolute Gasteiger partial charge is 0.457 e. The molecule has 190 valence electrons. The molecule has 0 spiro atoms. The minimum absolute atomic E-state index is 0.0311. The molecule has 2 aromatic carbocycles. The second-order valence-electron chi connectivity index (χ2n) is 11.2. The number of anilines is 1. The maximum Gasteiger partial charge on any atom is 0.338 e. The summed E-state index contributed by atoms with van der Waals surface area (Å²) in [6, 6.07) is 11.1. The molecule has 3 aromatic rings. The van der Waals surface area contributed by atoms with Crippen LogP contribution in [-0.2, 0) is 27.3 Å². The van der Waals surface area contributed by atoms with Gasteiger partial charge in [-0.2, -0.15) is 0 Å². The van der Waals surface area contributed by atoms with E-state index in [4.69, 9.17) is 9.47 Å². The molecule has 0 saturated heterocycles. The SMILES string of the molecule is CC(C)(C)OC(=O)c1ccc(N[C@H]2CCc3cc4nc(COC(=O)C(C)(C)C)[nH]c(=O)c4cc32)cc1. The van der Waals surface area contributed by atoms with Gasteiger partial charge in [0.15, 0.2) is 0 Å². The number of hydrogen-bond acceptors (Lipinski definition) is 7. The number of carbonyl (C=O) groups excluding carboxylic acids is 2. The van der Waals surface area contributed by atoms with Crippen molar-refractivity contribution in [1.82, 2.24) is 9.97 Å². The summed E-state index contributed by atoms with van der Waals surface area (Å²) in [5.41, 5.74) is 2.70. The van der Waals surface area contributed by atoms with Gasteiger partial charge in [0.1, 0.15) is 18.0 Å². The van der Waals surface area contributed by atoms with Crippen molar-refractivity contribution in [3.63, 3.8) is 0 Å². The first-order valence-corrected chi connectivity index (χ1v) is 12.1. The first-order valence-electron chi connectivity index (χ1n) is 12.1. The fraction of sp³-hybridized carbons (Fsp3) is 0.429. The van der Waals surface area contributed by atoms with Crippen molar-refractivity contribution < 1.29 is 19.1 Å². The number of H-pyrrole nitrogens is 1. The Bertz CT molecular complexity index is 1360. The second-order valence-corrected chi connectivity index (χ2v) is 11.2. The second kappa shape index (κ2) is 9.41. The molecule has 4 rings (SSSR count). The fourth-order valence-corrected chi connectivity index (χ4v) is 4.10. The van der Waals surface area contributed by atoms with Gasteiger partial charge in [-0.15, -0.1) is 0 Å². The first-order chi connectivity index (χ1) is 16.8. The summed E-state index contributed by atoms with van der Waals surface area (Å²) in [6.45, 7) is 10.8. The molecule has 2 N–H and O–H groups in total. The van der Waals surface area contributed by atoms with Crippen LogP contribution in [0.25, 0.3) is 10.9 Å². The molecule has 0 fully saturated rings. The maximum atomic E-state index is 12.8. The Hall–Kier alpha value is -3.68. The van der Waals surface area contributed by atoms with E-state index >= 15 is 0 Å². The lowest BCUT2D eigenvalue weighted by Gasteiger charge is -2.20. The number of carbonyl (C=O) groups is 2. The standard InChI is InChI=1S/C28H33N3O5/c1-27(2,3)26(34)35-15-23-30-22-13-17-9-12-21(19(17)14-20(22)24(32)31-23)29-18-10-7-16(8-11-18)25(33)36-28(4,5)6/h7-8,10-11,13-14,21,29H,9,12,15H2,1-6H3,(H,30,31,32)/t21-/m0/s1. The Morgan fingerprint density at radius 3 is 2.42 bits per heavy atom. The first kappa shape index (κ1) is 25.4. The van der Waals surface area contributed by atoms with Crippen molar-refractivity contribution in [2.45, 2.75) is 72.6 Å². The topological polar surface area (TPSA) is 110 Å². The number of aromatic amines is 1. The zero-order valence-electron chi connectivity index (χ0n) is 21.7. The van der Waals surface area contributed by atoms with Crippen LogP contribution in [0.4, 0.5) is 5.69 Å². The minimum atomic E-state index is -0.629. The van der Waals surface area contributed by atoms with Gasteiger partial charge in [-0.25, -0.2) is 9.78 Å². The number of hydrogen-bond donors (Lipinski definition) is 2. The van der Waals surface area contributed by atoms with Crippen LogP contribution in [0.15, 0.2) is 41.2 Å². The van der Waals surface area contributed by atoms with E-state index < -0.39 is 11.0 Å². The molecule has 36 heavy (non-hydrogen) atoms. The van der Waals surface area contributed by atoms with E-state index in [1.54, 1.807) is 32.9 Å². The number of esters is 2. The summed E-state index contributed by atoms with van der Waals surface area (Å²) in [6.07, 6.45) is 1.72. The van der Waals surface area contributed by atoms with Crippen molar-refractivity contribution >= 4 is 28.5 Å². The summed E-state index contributed by atoms with van der Waals surface area (Å²) >= 11 is 0. The van der Waals surface area contributed by atoms with Crippen LogP contribution in [0.5, 0.6) is 0 Å². The number of aromatic nitrogens is 2. The number of nitrogens with one attached hydrogen (secondary N) is 2.